The van der Waals surface area contributed by atoms with Crippen LogP contribution >= 0.6 is 0 Å². The van der Waals surface area contributed by atoms with Gasteiger partial charge in [0.2, 0.25) is 0 Å². The molecular weight excluding hydrogens is 277 g/mol. The zero-order valence-corrected chi connectivity index (χ0v) is 9.17. The zero-order chi connectivity index (χ0) is 14.8. The van der Waals surface area contributed by atoms with E-state index in [1.807, 2.05) is 0 Å². The van der Waals surface area contributed by atoms with E-state index in [1.165, 1.54) is 0 Å². The number of carbonyl (C=O) groups excluding carboxylic acids is 1. The summed E-state index contributed by atoms with van der Waals surface area (Å²) in [6.45, 7) is -0.633. The molecule has 106 valence electrons. The number of nitrogens with zero attached hydrogens (tertiary/aromatic N) is 1. The number of ether oxygens (including phenoxy) is 1. The van der Waals surface area contributed by atoms with Crippen LogP contribution in [0.2, 0.25) is 0 Å². The first-order valence-electron chi connectivity index (χ1n) is 4.73. The summed E-state index contributed by atoms with van der Waals surface area (Å²) in [4.78, 5) is 14.2. The molecule has 0 atom stereocenters. The smallest absolute Gasteiger partial charge is 0.403 e. The van der Waals surface area contributed by atoms with Crippen molar-refractivity contribution in [2.75, 3.05) is 0 Å². The van der Waals surface area contributed by atoms with Gasteiger partial charge in [0.15, 0.2) is 5.75 Å². The van der Waals surface area contributed by atoms with Gasteiger partial charge in [-0.15, -0.1) is 13.2 Å². The monoisotopic (exact) mass is 285 g/mol. The Kier molecular flexibility index (Phi) is 4.24. The Morgan fingerprint density at radius 3 is 2.37 bits per heavy atom. The summed E-state index contributed by atoms with van der Waals surface area (Å²) in [6.07, 6.45) is -8.23. The number of aromatic nitrogens is 1. The first-order valence-corrected chi connectivity index (χ1v) is 4.73. The van der Waals surface area contributed by atoms with Crippen molar-refractivity contribution in [1.29, 1.82) is 0 Å². The summed E-state index contributed by atoms with van der Waals surface area (Å²) in [5.74, 6) is -2.43. The number of primary amides is 1. The highest BCUT2D eigenvalue weighted by molar-refractivity contribution is 5.96. The fraction of sp³-hybridized carbons (Fsp3) is 0.333. The number of amides is 1. The van der Waals surface area contributed by atoms with Crippen molar-refractivity contribution in [2.45, 2.75) is 19.3 Å². The normalized spacial score (nSPS) is 11.7. The standard InChI is InChI=1S/C9H8F5N3O2/c10-7(11)4-1-3(8(16)18)6(5(2-15)17-4)19-9(12,13)14/h1,7H,2,15H2,(H2,16,18). The van der Waals surface area contributed by atoms with Crippen molar-refractivity contribution in [3.63, 3.8) is 0 Å². The van der Waals surface area contributed by atoms with Crippen LogP contribution in [0, 0.1) is 0 Å². The second kappa shape index (κ2) is 5.34. The molecule has 0 saturated carbocycles. The predicted molar refractivity (Wildman–Crippen MR) is 52.3 cm³/mol. The van der Waals surface area contributed by atoms with Crippen LogP contribution in [0.5, 0.6) is 5.75 Å². The Labute approximate surface area is 103 Å². The number of hydrogen-bond donors (Lipinski definition) is 2. The minimum Gasteiger partial charge on any atom is -0.403 e. The van der Waals surface area contributed by atoms with Crippen molar-refractivity contribution < 1.29 is 31.5 Å². The van der Waals surface area contributed by atoms with Crippen LogP contribution in [-0.4, -0.2) is 17.3 Å². The molecule has 1 amide bonds. The van der Waals surface area contributed by atoms with Gasteiger partial charge >= 0.3 is 6.36 Å². The molecule has 0 aromatic carbocycles. The topological polar surface area (TPSA) is 91.2 Å². The maximum atomic E-state index is 12.5. The molecule has 1 aromatic heterocycles. The van der Waals surface area contributed by atoms with Crippen molar-refractivity contribution in [3.05, 3.63) is 23.0 Å². The molecule has 0 spiro atoms. The lowest BCUT2D eigenvalue weighted by atomic mass is 10.1. The Balaban J connectivity index is 3.45. The van der Waals surface area contributed by atoms with E-state index in [-0.39, 0.29) is 0 Å². The van der Waals surface area contributed by atoms with Gasteiger partial charge in [-0.05, 0) is 6.07 Å². The molecular formula is C9H8F5N3O2. The Morgan fingerprint density at radius 2 is 2.00 bits per heavy atom. The minimum absolute atomic E-state index is 0.438. The molecule has 4 N–H and O–H groups in total. The summed E-state index contributed by atoms with van der Waals surface area (Å²) < 4.78 is 65.0. The summed E-state index contributed by atoms with van der Waals surface area (Å²) in [6, 6.07) is 0.438. The van der Waals surface area contributed by atoms with Gasteiger partial charge in [0.05, 0.1) is 11.3 Å². The van der Waals surface area contributed by atoms with E-state index in [2.05, 4.69) is 9.72 Å². The Hall–Kier alpha value is -1.97. The molecule has 5 nitrogen and oxygen atoms in total. The average Bonchev–Trinajstić information content (AvgIpc) is 2.26. The molecule has 0 radical (unpaired) electrons. The number of alkyl halides is 5. The van der Waals surface area contributed by atoms with Gasteiger partial charge in [-0.1, -0.05) is 0 Å². The molecule has 0 aliphatic heterocycles. The van der Waals surface area contributed by atoms with Crippen LogP contribution in [0.3, 0.4) is 0 Å². The van der Waals surface area contributed by atoms with Crippen molar-refractivity contribution in [3.8, 4) is 5.75 Å². The van der Waals surface area contributed by atoms with Crippen molar-refractivity contribution in [1.82, 2.24) is 4.98 Å². The average molecular weight is 285 g/mol. The Bertz CT molecular complexity index is 489. The third-order valence-electron chi connectivity index (χ3n) is 1.96. The third kappa shape index (κ3) is 3.74. The number of pyridine rings is 1. The molecule has 1 rings (SSSR count). The number of nitrogens with two attached hydrogens (primary N) is 2. The van der Waals surface area contributed by atoms with Crippen LogP contribution in [0.15, 0.2) is 6.07 Å². The van der Waals surface area contributed by atoms with Crippen molar-refractivity contribution in [2.24, 2.45) is 11.5 Å². The van der Waals surface area contributed by atoms with Crippen LogP contribution in [-0.2, 0) is 6.54 Å². The highest BCUT2D eigenvalue weighted by atomic mass is 19.4. The van der Waals surface area contributed by atoms with Crippen LogP contribution in [0.1, 0.15) is 28.2 Å². The van der Waals surface area contributed by atoms with E-state index in [0.717, 1.165) is 0 Å². The largest absolute Gasteiger partial charge is 0.573 e. The molecule has 0 fully saturated rings. The number of halogens is 5. The number of hydrogen-bond acceptors (Lipinski definition) is 4. The molecule has 0 saturated heterocycles. The second-order valence-corrected chi connectivity index (χ2v) is 3.29. The van der Waals surface area contributed by atoms with Gasteiger partial charge in [-0.25, -0.2) is 13.8 Å². The van der Waals surface area contributed by atoms with Crippen LogP contribution < -0.4 is 16.2 Å². The van der Waals surface area contributed by atoms with Crippen LogP contribution in [0.25, 0.3) is 0 Å². The van der Waals surface area contributed by atoms with Gasteiger partial charge in [0, 0.05) is 6.54 Å². The summed E-state index contributed by atoms with van der Waals surface area (Å²) in [5, 5.41) is 0. The Morgan fingerprint density at radius 1 is 1.42 bits per heavy atom. The molecule has 0 aliphatic rings. The van der Waals surface area contributed by atoms with E-state index in [9.17, 15) is 26.7 Å². The summed E-state index contributed by atoms with van der Waals surface area (Å²) >= 11 is 0. The van der Waals surface area contributed by atoms with E-state index >= 15 is 0 Å². The first-order chi connectivity index (χ1) is 8.65. The van der Waals surface area contributed by atoms with Gasteiger partial charge in [-0.2, -0.15) is 0 Å². The molecule has 1 heterocycles. The molecule has 0 aliphatic carbocycles. The zero-order valence-electron chi connectivity index (χ0n) is 9.17. The van der Waals surface area contributed by atoms with E-state index in [0.29, 0.717) is 6.07 Å². The molecule has 1 aromatic rings. The van der Waals surface area contributed by atoms with E-state index < -0.39 is 47.9 Å². The molecule has 10 heteroatoms. The number of rotatable bonds is 4. The minimum atomic E-state index is -5.14. The van der Waals surface area contributed by atoms with Gasteiger partial charge in [0.1, 0.15) is 5.69 Å². The third-order valence-corrected chi connectivity index (χ3v) is 1.96. The SMILES string of the molecule is NCc1nc(C(F)F)cc(C(N)=O)c1OC(F)(F)F. The van der Waals surface area contributed by atoms with Crippen molar-refractivity contribution >= 4 is 5.91 Å². The van der Waals surface area contributed by atoms with Crippen LogP contribution in [0.4, 0.5) is 22.0 Å². The lowest BCUT2D eigenvalue weighted by Crippen LogP contribution is -2.24. The van der Waals surface area contributed by atoms with Gasteiger partial charge in [-0.3, -0.25) is 4.79 Å². The van der Waals surface area contributed by atoms with E-state index in [1.54, 1.807) is 0 Å². The summed E-state index contributed by atoms with van der Waals surface area (Å²) in [5.41, 5.74) is 7.52. The van der Waals surface area contributed by atoms with Gasteiger partial charge < -0.3 is 16.2 Å². The fourth-order valence-corrected chi connectivity index (χ4v) is 1.27. The fourth-order valence-electron chi connectivity index (χ4n) is 1.27. The maximum Gasteiger partial charge on any atom is 0.573 e. The number of carbonyl (C=O) groups is 1. The van der Waals surface area contributed by atoms with Gasteiger partial charge in [0.25, 0.3) is 12.3 Å². The highest BCUT2D eigenvalue weighted by Gasteiger charge is 2.35. The predicted octanol–water partition coefficient (Wildman–Crippen LogP) is 1.48. The quantitative estimate of drug-likeness (QED) is 0.819. The highest BCUT2D eigenvalue weighted by Crippen LogP contribution is 2.31. The lowest BCUT2D eigenvalue weighted by molar-refractivity contribution is -0.275. The molecule has 0 bridgehead atoms. The lowest BCUT2D eigenvalue weighted by Gasteiger charge is -2.15. The second-order valence-electron chi connectivity index (χ2n) is 3.29. The van der Waals surface area contributed by atoms with E-state index in [4.69, 9.17) is 11.5 Å². The molecule has 19 heavy (non-hydrogen) atoms. The maximum absolute atomic E-state index is 12.5. The first kappa shape index (κ1) is 15.1. The molecule has 0 unspecified atom stereocenters. The summed E-state index contributed by atoms with van der Waals surface area (Å²) in [7, 11) is 0.